The molecule has 0 bridgehead atoms. The van der Waals surface area contributed by atoms with Gasteiger partial charge < -0.3 is 16.4 Å². The van der Waals surface area contributed by atoms with Gasteiger partial charge in [-0.05, 0) is 37.1 Å². The number of hydrogen-bond donors (Lipinski definition) is 2. The predicted octanol–water partition coefficient (Wildman–Crippen LogP) is 2.73. The fourth-order valence-corrected chi connectivity index (χ4v) is 3.03. The first kappa shape index (κ1) is 19.2. The van der Waals surface area contributed by atoms with Gasteiger partial charge in [-0.1, -0.05) is 60.7 Å². The van der Waals surface area contributed by atoms with Crippen LogP contribution in [0.25, 0.3) is 0 Å². The number of rotatable bonds is 10. The SMILES string of the molecule is NCCCN(CCCN)C(=O)CC(c1ccccc1)c1ccccc1. The van der Waals surface area contributed by atoms with Crippen LogP contribution in [0.4, 0.5) is 0 Å². The van der Waals surface area contributed by atoms with E-state index in [1.165, 1.54) is 11.1 Å². The Bertz CT molecular complexity index is 568. The zero-order chi connectivity index (χ0) is 17.9. The maximum atomic E-state index is 13.0. The summed E-state index contributed by atoms with van der Waals surface area (Å²) in [7, 11) is 0. The molecule has 4 heteroatoms. The highest BCUT2D eigenvalue weighted by atomic mass is 16.2. The Morgan fingerprint density at radius 2 is 1.24 bits per heavy atom. The summed E-state index contributed by atoms with van der Waals surface area (Å²) >= 11 is 0. The van der Waals surface area contributed by atoms with Crippen LogP contribution in [0.1, 0.15) is 36.3 Å². The van der Waals surface area contributed by atoms with Crippen LogP contribution in [-0.4, -0.2) is 37.0 Å². The van der Waals surface area contributed by atoms with Crippen LogP contribution in [0.15, 0.2) is 60.7 Å². The second-order valence-electron chi connectivity index (χ2n) is 6.24. The van der Waals surface area contributed by atoms with Gasteiger partial charge in [0.25, 0.3) is 0 Å². The largest absolute Gasteiger partial charge is 0.343 e. The lowest BCUT2D eigenvalue weighted by Crippen LogP contribution is -2.35. The van der Waals surface area contributed by atoms with Gasteiger partial charge in [0.1, 0.15) is 0 Å². The van der Waals surface area contributed by atoms with Crippen LogP contribution >= 0.6 is 0 Å². The van der Waals surface area contributed by atoms with Crippen molar-refractivity contribution in [2.75, 3.05) is 26.2 Å². The monoisotopic (exact) mass is 339 g/mol. The van der Waals surface area contributed by atoms with Crippen molar-refractivity contribution in [3.8, 4) is 0 Å². The number of amides is 1. The Hall–Kier alpha value is -2.17. The molecular weight excluding hydrogens is 310 g/mol. The highest BCUT2D eigenvalue weighted by molar-refractivity contribution is 5.77. The lowest BCUT2D eigenvalue weighted by molar-refractivity contribution is -0.131. The minimum absolute atomic E-state index is 0.0631. The number of nitrogens with zero attached hydrogens (tertiary/aromatic N) is 1. The maximum absolute atomic E-state index is 13.0. The van der Waals surface area contributed by atoms with Crippen molar-refractivity contribution in [1.29, 1.82) is 0 Å². The van der Waals surface area contributed by atoms with Crippen molar-refractivity contribution >= 4 is 5.91 Å². The molecule has 1 amide bonds. The molecular formula is C21H29N3O. The molecule has 0 aliphatic heterocycles. The molecule has 0 saturated heterocycles. The Morgan fingerprint density at radius 1 is 0.800 bits per heavy atom. The first-order valence-corrected chi connectivity index (χ1v) is 9.04. The molecule has 2 aromatic carbocycles. The fourth-order valence-electron chi connectivity index (χ4n) is 3.03. The molecule has 4 nitrogen and oxygen atoms in total. The fraction of sp³-hybridized carbons (Fsp3) is 0.381. The highest BCUT2D eigenvalue weighted by Gasteiger charge is 2.21. The van der Waals surface area contributed by atoms with Gasteiger partial charge in [0, 0.05) is 25.4 Å². The van der Waals surface area contributed by atoms with Crippen LogP contribution in [0.2, 0.25) is 0 Å². The molecule has 0 radical (unpaired) electrons. The average Bonchev–Trinajstić information content (AvgIpc) is 2.67. The topological polar surface area (TPSA) is 72.3 Å². The predicted molar refractivity (Wildman–Crippen MR) is 103 cm³/mol. The second-order valence-corrected chi connectivity index (χ2v) is 6.24. The zero-order valence-corrected chi connectivity index (χ0v) is 14.8. The molecule has 4 N–H and O–H groups in total. The minimum Gasteiger partial charge on any atom is -0.343 e. The standard InChI is InChI=1S/C21H29N3O/c22-13-7-15-24(16-8-14-23)21(25)17-20(18-9-3-1-4-10-18)19-11-5-2-6-12-19/h1-6,9-12,20H,7-8,13-17,22-23H2. The second kappa shape index (κ2) is 10.6. The number of benzene rings is 2. The van der Waals surface area contributed by atoms with Gasteiger partial charge in [-0.3, -0.25) is 4.79 Å². The molecule has 25 heavy (non-hydrogen) atoms. The first-order valence-electron chi connectivity index (χ1n) is 9.04. The first-order chi connectivity index (χ1) is 12.3. The molecule has 2 rings (SSSR count). The van der Waals surface area contributed by atoms with Gasteiger partial charge in [0.05, 0.1) is 0 Å². The summed E-state index contributed by atoms with van der Waals surface area (Å²) in [6.45, 7) is 2.58. The third-order valence-corrected chi connectivity index (χ3v) is 4.40. The highest BCUT2D eigenvalue weighted by Crippen LogP contribution is 2.28. The normalized spacial score (nSPS) is 10.8. The van der Waals surface area contributed by atoms with Gasteiger partial charge in [-0.25, -0.2) is 0 Å². The Morgan fingerprint density at radius 3 is 1.64 bits per heavy atom. The summed E-state index contributed by atoms with van der Waals surface area (Å²) < 4.78 is 0. The van der Waals surface area contributed by atoms with Crippen molar-refractivity contribution in [2.45, 2.75) is 25.2 Å². The summed E-state index contributed by atoms with van der Waals surface area (Å²) in [5.74, 6) is 0.229. The molecule has 0 spiro atoms. The van der Waals surface area contributed by atoms with Crippen LogP contribution in [0, 0.1) is 0 Å². The van der Waals surface area contributed by atoms with E-state index in [2.05, 4.69) is 24.3 Å². The van der Waals surface area contributed by atoms with Crippen LogP contribution in [-0.2, 0) is 4.79 Å². The summed E-state index contributed by atoms with van der Waals surface area (Å²) in [4.78, 5) is 14.9. The van der Waals surface area contributed by atoms with Gasteiger partial charge in [0.2, 0.25) is 5.91 Å². The average molecular weight is 339 g/mol. The van der Waals surface area contributed by atoms with Gasteiger partial charge in [-0.2, -0.15) is 0 Å². The Kier molecular flexibility index (Phi) is 8.16. The molecule has 0 heterocycles. The zero-order valence-electron chi connectivity index (χ0n) is 14.8. The van der Waals surface area contributed by atoms with Crippen LogP contribution < -0.4 is 11.5 Å². The third kappa shape index (κ3) is 6.00. The van der Waals surface area contributed by atoms with Crippen molar-refractivity contribution < 1.29 is 4.79 Å². The maximum Gasteiger partial charge on any atom is 0.223 e. The van der Waals surface area contributed by atoms with Crippen LogP contribution in [0.5, 0.6) is 0 Å². The number of hydrogen-bond acceptors (Lipinski definition) is 3. The van der Waals surface area contributed by atoms with E-state index in [9.17, 15) is 4.79 Å². The van der Waals surface area contributed by atoms with Crippen molar-refractivity contribution in [3.05, 3.63) is 71.8 Å². The molecule has 134 valence electrons. The summed E-state index contributed by atoms with van der Waals surface area (Å²) in [5.41, 5.74) is 13.6. The van der Waals surface area contributed by atoms with E-state index >= 15 is 0 Å². The van der Waals surface area contributed by atoms with Gasteiger partial charge in [-0.15, -0.1) is 0 Å². The quantitative estimate of drug-likeness (QED) is 0.699. The molecule has 0 fully saturated rings. The molecule has 0 atom stereocenters. The molecule has 0 saturated carbocycles. The number of carbonyl (C=O) groups is 1. The van der Waals surface area contributed by atoms with E-state index in [0.29, 0.717) is 32.6 Å². The van der Waals surface area contributed by atoms with E-state index < -0.39 is 0 Å². The van der Waals surface area contributed by atoms with E-state index in [-0.39, 0.29) is 11.8 Å². The molecule has 0 aliphatic carbocycles. The lowest BCUT2D eigenvalue weighted by Gasteiger charge is -2.26. The molecule has 0 aromatic heterocycles. The lowest BCUT2D eigenvalue weighted by atomic mass is 9.88. The summed E-state index contributed by atoms with van der Waals surface area (Å²) in [6, 6.07) is 20.5. The minimum atomic E-state index is 0.0631. The summed E-state index contributed by atoms with van der Waals surface area (Å²) in [6.07, 6.45) is 2.10. The summed E-state index contributed by atoms with van der Waals surface area (Å²) in [5, 5.41) is 0. The third-order valence-electron chi connectivity index (χ3n) is 4.40. The molecule has 0 unspecified atom stereocenters. The van der Waals surface area contributed by atoms with E-state index in [1.807, 2.05) is 41.3 Å². The molecule has 2 aromatic rings. The number of nitrogens with two attached hydrogens (primary N) is 2. The van der Waals surface area contributed by atoms with Crippen molar-refractivity contribution in [1.82, 2.24) is 4.90 Å². The van der Waals surface area contributed by atoms with E-state index in [0.717, 1.165) is 12.8 Å². The van der Waals surface area contributed by atoms with Crippen LogP contribution in [0.3, 0.4) is 0 Å². The van der Waals surface area contributed by atoms with E-state index in [4.69, 9.17) is 11.5 Å². The Labute approximate surface area is 150 Å². The van der Waals surface area contributed by atoms with Gasteiger partial charge >= 0.3 is 0 Å². The molecule has 0 aliphatic rings. The number of carbonyl (C=O) groups excluding carboxylic acids is 1. The smallest absolute Gasteiger partial charge is 0.223 e. The van der Waals surface area contributed by atoms with E-state index in [1.54, 1.807) is 0 Å². The Balaban J connectivity index is 2.18. The van der Waals surface area contributed by atoms with Crippen molar-refractivity contribution in [2.24, 2.45) is 11.5 Å². The van der Waals surface area contributed by atoms with Gasteiger partial charge in [0.15, 0.2) is 0 Å². The van der Waals surface area contributed by atoms with Crippen molar-refractivity contribution in [3.63, 3.8) is 0 Å².